The minimum atomic E-state index is -4.42. The van der Waals surface area contributed by atoms with Crippen molar-refractivity contribution < 1.29 is 13.2 Å². The van der Waals surface area contributed by atoms with Crippen LogP contribution in [0, 0.1) is 0 Å². The monoisotopic (exact) mass is 416 g/mol. The van der Waals surface area contributed by atoms with Gasteiger partial charge in [0.2, 0.25) is 0 Å². The van der Waals surface area contributed by atoms with E-state index in [1.54, 1.807) is 35.0 Å². The molecule has 26 heavy (non-hydrogen) atoms. The molecule has 0 bridgehead atoms. The molecular weight excluding hydrogens is 404 g/mol. The van der Waals surface area contributed by atoms with Gasteiger partial charge in [-0.25, -0.2) is 4.98 Å². The molecule has 2 nitrogen and oxygen atoms in total. The minimum absolute atomic E-state index is 0.366. The summed E-state index contributed by atoms with van der Waals surface area (Å²) in [6.07, 6.45) is -2.80. The van der Waals surface area contributed by atoms with E-state index >= 15 is 0 Å². The van der Waals surface area contributed by atoms with Crippen molar-refractivity contribution in [3.63, 3.8) is 0 Å². The Morgan fingerprint density at radius 1 is 1.08 bits per heavy atom. The summed E-state index contributed by atoms with van der Waals surface area (Å²) in [6, 6.07) is 10.2. The molecular formula is C18H13Cl2F3N2S. The Morgan fingerprint density at radius 3 is 2.50 bits per heavy atom. The zero-order valence-electron chi connectivity index (χ0n) is 13.5. The molecule has 0 aliphatic heterocycles. The third-order valence-corrected chi connectivity index (χ3v) is 5.22. The number of benzene rings is 2. The number of rotatable bonds is 4. The number of imidazole rings is 1. The predicted molar refractivity (Wildman–Crippen MR) is 100 cm³/mol. The van der Waals surface area contributed by atoms with E-state index in [-0.39, 0.29) is 0 Å². The van der Waals surface area contributed by atoms with Gasteiger partial charge in [0.25, 0.3) is 0 Å². The van der Waals surface area contributed by atoms with Gasteiger partial charge in [-0.2, -0.15) is 13.2 Å². The lowest BCUT2D eigenvalue weighted by atomic mass is 10.1. The van der Waals surface area contributed by atoms with Crippen molar-refractivity contribution in [1.82, 2.24) is 9.55 Å². The van der Waals surface area contributed by atoms with Gasteiger partial charge in [0.15, 0.2) is 5.16 Å². The smallest absolute Gasteiger partial charge is 0.287 e. The number of thioether (sulfide) groups is 1. The summed E-state index contributed by atoms with van der Waals surface area (Å²) in [7, 11) is 0. The minimum Gasteiger partial charge on any atom is -0.287 e. The molecule has 0 aliphatic rings. The fourth-order valence-corrected chi connectivity index (χ4v) is 3.51. The average Bonchev–Trinajstić information content (AvgIpc) is 3.01. The van der Waals surface area contributed by atoms with Gasteiger partial charge >= 0.3 is 6.18 Å². The number of halogens is 5. The Balaban J connectivity index is 2.19. The maximum absolute atomic E-state index is 13.1. The number of alkyl halides is 3. The first-order chi connectivity index (χ1) is 12.3. The zero-order valence-corrected chi connectivity index (χ0v) is 15.8. The van der Waals surface area contributed by atoms with Crippen LogP contribution in [0.15, 0.2) is 53.8 Å². The number of hydrogen-bond acceptors (Lipinski definition) is 2. The van der Waals surface area contributed by atoms with E-state index in [1.807, 2.05) is 6.92 Å². The molecule has 0 N–H and O–H groups in total. The van der Waals surface area contributed by atoms with E-state index in [1.165, 1.54) is 17.8 Å². The van der Waals surface area contributed by atoms with Gasteiger partial charge in [0, 0.05) is 11.3 Å². The van der Waals surface area contributed by atoms with Crippen molar-refractivity contribution in [2.75, 3.05) is 5.75 Å². The predicted octanol–water partition coefficient (Wildman–Crippen LogP) is 6.98. The molecule has 0 unspecified atom stereocenters. The Kier molecular flexibility index (Phi) is 5.55. The fraction of sp³-hybridized carbons (Fsp3) is 0.167. The lowest BCUT2D eigenvalue weighted by Gasteiger charge is -2.14. The van der Waals surface area contributed by atoms with Gasteiger partial charge in [-0.05, 0) is 36.1 Å². The highest BCUT2D eigenvalue weighted by atomic mass is 35.5. The van der Waals surface area contributed by atoms with Crippen molar-refractivity contribution in [3.05, 3.63) is 64.3 Å². The zero-order chi connectivity index (χ0) is 18.9. The Labute approximate surface area is 163 Å². The van der Waals surface area contributed by atoms with Crippen molar-refractivity contribution in [2.24, 2.45) is 0 Å². The summed E-state index contributed by atoms with van der Waals surface area (Å²) < 4.78 is 41.0. The molecule has 0 atom stereocenters. The summed E-state index contributed by atoms with van der Waals surface area (Å²) in [4.78, 5) is 4.37. The second-order valence-electron chi connectivity index (χ2n) is 5.37. The molecule has 0 amide bonds. The Morgan fingerprint density at radius 2 is 1.85 bits per heavy atom. The van der Waals surface area contributed by atoms with E-state index in [9.17, 15) is 13.2 Å². The van der Waals surface area contributed by atoms with Gasteiger partial charge < -0.3 is 0 Å². The molecule has 0 spiro atoms. The second kappa shape index (κ2) is 7.55. The van der Waals surface area contributed by atoms with Crippen LogP contribution >= 0.6 is 35.0 Å². The molecule has 0 radical (unpaired) electrons. The molecule has 1 heterocycles. The lowest BCUT2D eigenvalue weighted by molar-refractivity contribution is -0.137. The molecule has 0 saturated carbocycles. The third-order valence-electron chi connectivity index (χ3n) is 3.65. The summed E-state index contributed by atoms with van der Waals surface area (Å²) in [5.41, 5.74) is 1.02. The van der Waals surface area contributed by atoms with Crippen LogP contribution in [0.3, 0.4) is 0 Å². The SMILES string of the molecule is CCSc1ncc(-c2ccc(Cl)c(Cl)c2)n1-c1cccc(C(F)(F)F)c1. The highest BCUT2D eigenvalue weighted by Gasteiger charge is 2.31. The van der Waals surface area contributed by atoms with E-state index in [2.05, 4.69) is 4.98 Å². The average molecular weight is 417 g/mol. The number of nitrogens with zero attached hydrogens (tertiary/aromatic N) is 2. The van der Waals surface area contributed by atoms with Crippen molar-refractivity contribution in [1.29, 1.82) is 0 Å². The quantitative estimate of drug-likeness (QED) is 0.427. The van der Waals surface area contributed by atoms with Gasteiger partial charge in [0.1, 0.15) is 0 Å². The Bertz CT molecular complexity index is 938. The van der Waals surface area contributed by atoms with E-state index in [0.29, 0.717) is 32.1 Å². The van der Waals surface area contributed by atoms with Gasteiger partial charge in [-0.3, -0.25) is 4.57 Å². The summed E-state index contributed by atoms with van der Waals surface area (Å²) in [5, 5.41) is 1.38. The van der Waals surface area contributed by atoms with Gasteiger partial charge in [-0.1, -0.05) is 54.0 Å². The lowest BCUT2D eigenvalue weighted by Crippen LogP contribution is -2.07. The van der Waals surface area contributed by atoms with E-state index in [0.717, 1.165) is 17.9 Å². The van der Waals surface area contributed by atoms with Gasteiger partial charge in [-0.15, -0.1) is 0 Å². The van der Waals surface area contributed by atoms with Crippen LogP contribution < -0.4 is 0 Å². The molecule has 8 heteroatoms. The van der Waals surface area contributed by atoms with Gasteiger partial charge in [0.05, 0.1) is 27.5 Å². The molecule has 136 valence electrons. The third kappa shape index (κ3) is 3.87. The first-order valence-electron chi connectivity index (χ1n) is 7.65. The topological polar surface area (TPSA) is 17.8 Å². The summed E-state index contributed by atoms with van der Waals surface area (Å²) in [5.74, 6) is 0.733. The van der Waals surface area contributed by atoms with Crippen LogP contribution in [0.4, 0.5) is 13.2 Å². The van der Waals surface area contributed by atoms with Crippen LogP contribution in [0.1, 0.15) is 12.5 Å². The van der Waals surface area contributed by atoms with Crippen LogP contribution in [0.25, 0.3) is 16.9 Å². The van der Waals surface area contributed by atoms with E-state index in [4.69, 9.17) is 23.2 Å². The van der Waals surface area contributed by atoms with Crippen LogP contribution in [-0.2, 0) is 6.18 Å². The highest BCUT2D eigenvalue weighted by Crippen LogP contribution is 2.35. The summed E-state index contributed by atoms with van der Waals surface area (Å²) in [6.45, 7) is 1.95. The molecule has 3 rings (SSSR count). The standard InChI is InChI=1S/C18H13Cl2F3N2S/c1-2-26-17-24-10-16(11-6-7-14(19)15(20)8-11)25(17)13-5-3-4-12(9-13)18(21,22)23/h3-10H,2H2,1H3. The van der Waals surface area contributed by atoms with Crippen molar-refractivity contribution in [2.45, 2.75) is 18.3 Å². The van der Waals surface area contributed by atoms with Crippen molar-refractivity contribution in [3.8, 4) is 16.9 Å². The van der Waals surface area contributed by atoms with Crippen LogP contribution in [0.2, 0.25) is 10.0 Å². The largest absolute Gasteiger partial charge is 0.416 e. The maximum Gasteiger partial charge on any atom is 0.416 e. The number of aromatic nitrogens is 2. The molecule has 2 aromatic carbocycles. The molecule has 0 aliphatic carbocycles. The second-order valence-corrected chi connectivity index (χ2v) is 7.42. The fourth-order valence-electron chi connectivity index (χ4n) is 2.50. The molecule has 1 aromatic heterocycles. The number of hydrogen-bond donors (Lipinski definition) is 0. The Hall–Kier alpha value is -1.63. The first kappa shape index (κ1) is 19.1. The van der Waals surface area contributed by atoms with E-state index < -0.39 is 11.7 Å². The first-order valence-corrected chi connectivity index (χ1v) is 9.39. The summed E-state index contributed by atoms with van der Waals surface area (Å²) >= 11 is 13.5. The highest BCUT2D eigenvalue weighted by molar-refractivity contribution is 7.99. The van der Waals surface area contributed by atoms with Crippen LogP contribution in [-0.4, -0.2) is 15.3 Å². The molecule has 0 fully saturated rings. The normalized spacial score (nSPS) is 11.8. The van der Waals surface area contributed by atoms with Crippen molar-refractivity contribution >= 4 is 35.0 Å². The molecule has 3 aromatic rings. The van der Waals surface area contributed by atoms with Crippen LogP contribution in [0.5, 0.6) is 0 Å². The molecule has 0 saturated heterocycles. The maximum atomic E-state index is 13.1.